The number of hydrogen-bond donors (Lipinski definition) is 2. The molecule has 0 radical (unpaired) electrons. The summed E-state index contributed by atoms with van der Waals surface area (Å²) in [5, 5.41) is 2.97. The molecule has 1 amide bonds. The molecule has 0 aliphatic rings. The molecule has 0 fully saturated rings. The normalized spacial score (nSPS) is 14.1. The van der Waals surface area contributed by atoms with E-state index >= 15 is 0 Å². The minimum Gasteiger partial charge on any atom is -0.350 e. The number of amides is 1. The van der Waals surface area contributed by atoms with Crippen molar-refractivity contribution in [3.8, 4) is 0 Å². The van der Waals surface area contributed by atoms with Gasteiger partial charge in [0.1, 0.15) is 0 Å². The zero-order valence-corrected chi connectivity index (χ0v) is 11.8. The van der Waals surface area contributed by atoms with Gasteiger partial charge in [-0.2, -0.15) is 0 Å². The van der Waals surface area contributed by atoms with Crippen LogP contribution in [0.2, 0.25) is 0 Å². The molecule has 0 saturated carbocycles. The summed E-state index contributed by atoms with van der Waals surface area (Å²) < 4.78 is 1.01. The van der Waals surface area contributed by atoms with Crippen molar-refractivity contribution in [3.05, 3.63) is 34.3 Å². The molecular formula is C13H19BrN2O. The molecule has 0 aliphatic carbocycles. The van der Waals surface area contributed by atoms with Gasteiger partial charge in [-0.3, -0.25) is 4.79 Å². The monoisotopic (exact) mass is 298 g/mol. The summed E-state index contributed by atoms with van der Waals surface area (Å²) in [5.41, 5.74) is 6.70. The predicted octanol–water partition coefficient (Wildman–Crippen LogP) is 2.75. The average molecular weight is 299 g/mol. The van der Waals surface area contributed by atoms with Crippen molar-refractivity contribution < 1.29 is 4.79 Å². The van der Waals surface area contributed by atoms with Gasteiger partial charge in [-0.15, -0.1) is 0 Å². The Labute approximate surface area is 111 Å². The number of nitrogens with one attached hydrogen (secondary N) is 1. The van der Waals surface area contributed by atoms with E-state index in [0.29, 0.717) is 12.8 Å². The molecule has 3 N–H and O–H groups in total. The Morgan fingerprint density at radius 1 is 1.41 bits per heavy atom. The molecule has 1 aromatic carbocycles. The second-order valence-electron chi connectivity index (χ2n) is 4.33. The van der Waals surface area contributed by atoms with Crippen LogP contribution in [0.3, 0.4) is 0 Å². The minimum absolute atomic E-state index is 0.00570. The van der Waals surface area contributed by atoms with Gasteiger partial charge in [0.25, 0.3) is 0 Å². The van der Waals surface area contributed by atoms with Crippen LogP contribution in [0.4, 0.5) is 0 Å². The molecule has 1 aromatic rings. The predicted molar refractivity (Wildman–Crippen MR) is 73.6 cm³/mol. The highest BCUT2D eigenvalue weighted by Crippen LogP contribution is 2.22. The third-order valence-corrected chi connectivity index (χ3v) is 3.30. The summed E-state index contributed by atoms with van der Waals surface area (Å²) in [6, 6.07) is 7.97. The topological polar surface area (TPSA) is 55.1 Å². The van der Waals surface area contributed by atoms with Crippen molar-refractivity contribution in [2.75, 3.05) is 0 Å². The Morgan fingerprint density at radius 3 is 2.65 bits per heavy atom. The molecule has 2 atom stereocenters. The summed E-state index contributed by atoms with van der Waals surface area (Å²) in [6.45, 7) is 3.88. The van der Waals surface area contributed by atoms with Gasteiger partial charge in [0.2, 0.25) is 5.91 Å². The number of carbonyl (C=O) groups is 1. The Morgan fingerprint density at radius 2 is 2.06 bits per heavy atom. The molecule has 0 bridgehead atoms. The molecule has 1 rings (SSSR count). The zero-order chi connectivity index (χ0) is 12.8. The van der Waals surface area contributed by atoms with Crippen molar-refractivity contribution in [2.45, 2.75) is 38.8 Å². The average Bonchev–Trinajstić information content (AvgIpc) is 2.26. The molecular weight excluding hydrogens is 280 g/mol. The quantitative estimate of drug-likeness (QED) is 0.878. The number of nitrogens with two attached hydrogens (primary N) is 1. The van der Waals surface area contributed by atoms with E-state index in [9.17, 15) is 4.79 Å². The molecule has 0 aromatic heterocycles. The maximum Gasteiger partial charge on any atom is 0.220 e. The molecule has 3 nitrogen and oxygen atoms in total. The number of benzene rings is 1. The minimum atomic E-state index is 0.00570. The van der Waals surface area contributed by atoms with Gasteiger partial charge in [-0.1, -0.05) is 34.1 Å². The standard InChI is InChI=1S/C13H19BrN2O/c1-9(15)7-8-13(17)16-10(2)11-5-3-4-6-12(11)14/h3-6,9-10H,7-8,15H2,1-2H3,(H,16,17)/t9?,10-/m0/s1. The maximum absolute atomic E-state index is 11.7. The Kier molecular flexibility index (Phi) is 5.65. The third-order valence-electron chi connectivity index (χ3n) is 2.58. The van der Waals surface area contributed by atoms with E-state index in [2.05, 4.69) is 21.2 Å². The van der Waals surface area contributed by atoms with Crippen LogP contribution in [-0.2, 0) is 4.79 Å². The lowest BCUT2D eigenvalue weighted by Crippen LogP contribution is -2.28. The first-order valence-corrected chi connectivity index (χ1v) is 6.59. The van der Waals surface area contributed by atoms with Gasteiger partial charge in [-0.05, 0) is 31.9 Å². The van der Waals surface area contributed by atoms with Gasteiger partial charge in [0.05, 0.1) is 6.04 Å². The van der Waals surface area contributed by atoms with Gasteiger partial charge >= 0.3 is 0 Å². The van der Waals surface area contributed by atoms with Crippen LogP contribution in [0.25, 0.3) is 0 Å². The molecule has 0 aliphatic heterocycles. The fourth-order valence-corrected chi connectivity index (χ4v) is 2.20. The highest BCUT2D eigenvalue weighted by atomic mass is 79.9. The Hall–Kier alpha value is -0.870. The van der Waals surface area contributed by atoms with Crippen molar-refractivity contribution in [1.82, 2.24) is 5.32 Å². The van der Waals surface area contributed by atoms with E-state index in [1.807, 2.05) is 38.1 Å². The van der Waals surface area contributed by atoms with E-state index in [4.69, 9.17) is 5.73 Å². The van der Waals surface area contributed by atoms with E-state index < -0.39 is 0 Å². The van der Waals surface area contributed by atoms with Crippen LogP contribution in [0.5, 0.6) is 0 Å². The molecule has 0 saturated heterocycles. The number of carbonyl (C=O) groups excluding carboxylic acids is 1. The van der Waals surface area contributed by atoms with Crippen molar-refractivity contribution >= 4 is 21.8 Å². The summed E-state index contributed by atoms with van der Waals surface area (Å²) in [7, 11) is 0. The highest BCUT2D eigenvalue weighted by molar-refractivity contribution is 9.10. The third kappa shape index (κ3) is 4.88. The summed E-state index contributed by atoms with van der Waals surface area (Å²) >= 11 is 3.48. The van der Waals surface area contributed by atoms with Gasteiger partial charge < -0.3 is 11.1 Å². The lowest BCUT2D eigenvalue weighted by atomic mass is 10.1. The Balaban J connectivity index is 2.52. The van der Waals surface area contributed by atoms with Crippen LogP contribution >= 0.6 is 15.9 Å². The first-order chi connectivity index (χ1) is 8.00. The van der Waals surface area contributed by atoms with Crippen molar-refractivity contribution in [1.29, 1.82) is 0 Å². The largest absolute Gasteiger partial charge is 0.350 e. The van der Waals surface area contributed by atoms with Crippen molar-refractivity contribution in [3.63, 3.8) is 0 Å². The summed E-state index contributed by atoms with van der Waals surface area (Å²) in [4.78, 5) is 11.7. The van der Waals surface area contributed by atoms with Gasteiger partial charge in [0.15, 0.2) is 0 Å². The fourth-order valence-electron chi connectivity index (χ4n) is 1.58. The van der Waals surface area contributed by atoms with E-state index in [0.717, 1.165) is 10.0 Å². The molecule has 0 spiro atoms. The van der Waals surface area contributed by atoms with E-state index in [1.54, 1.807) is 0 Å². The zero-order valence-electron chi connectivity index (χ0n) is 10.2. The number of rotatable bonds is 5. The second kappa shape index (κ2) is 6.77. The lowest BCUT2D eigenvalue weighted by molar-refractivity contribution is -0.121. The van der Waals surface area contributed by atoms with Gasteiger partial charge in [-0.25, -0.2) is 0 Å². The molecule has 4 heteroatoms. The fraction of sp³-hybridized carbons (Fsp3) is 0.462. The Bertz CT molecular complexity index is 379. The lowest BCUT2D eigenvalue weighted by Gasteiger charge is -2.16. The van der Waals surface area contributed by atoms with Gasteiger partial charge in [0, 0.05) is 16.9 Å². The van der Waals surface area contributed by atoms with Crippen LogP contribution < -0.4 is 11.1 Å². The number of halogens is 1. The smallest absolute Gasteiger partial charge is 0.220 e. The van der Waals surface area contributed by atoms with E-state index in [-0.39, 0.29) is 18.0 Å². The van der Waals surface area contributed by atoms with Crippen LogP contribution in [0.1, 0.15) is 38.3 Å². The van der Waals surface area contributed by atoms with Crippen LogP contribution in [0.15, 0.2) is 28.7 Å². The molecule has 0 heterocycles. The van der Waals surface area contributed by atoms with Crippen LogP contribution in [0, 0.1) is 0 Å². The van der Waals surface area contributed by atoms with Crippen LogP contribution in [-0.4, -0.2) is 11.9 Å². The second-order valence-corrected chi connectivity index (χ2v) is 5.18. The first-order valence-electron chi connectivity index (χ1n) is 5.80. The maximum atomic E-state index is 11.7. The summed E-state index contributed by atoms with van der Waals surface area (Å²) in [5.74, 6) is 0.0468. The molecule has 17 heavy (non-hydrogen) atoms. The highest BCUT2D eigenvalue weighted by Gasteiger charge is 2.11. The SMILES string of the molecule is CC(N)CCC(=O)N[C@@H](C)c1ccccc1Br. The first kappa shape index (κ1) is 14.2. The van der Waals surface area contributed by atoms with Crippen molar-refractivity contribution in [2.24, 2.45) is 5.73 Å². The molecule has 94 valence electrons. The van der Waals surface area contributed by atoms with E-state index in [1.165, 1.54) is 0 Å². The summed E-state index contributed by atoms with van der Waals surface area (Å²) in [6.07, 6.45) is 1.20. The number of hydrogen-bond acceptors (Lipinski definition) is 2. The molecule has 1 unspecified atom stereocenters.